The maximum atomic E-state index is 10.7. The van der Waals surface area contributed by atoms with Gasteiger partial charge in [-0.3, -0.25) is 4.57 Å². The maximum absolute atomic E-state index is 10.7. The normalized spacial score (nSPS) is 13.8. The summed E-state index contributed by atoms with van der Waals surface area (Å²) in [6, 6.07) is 0. The summed E-state index contributed by atoms with van der Waals surface area (Å²) in [6.07, 6.45) is 2.40. The quantitative estimate of drug-likeness (QED) is 0.643. The van der Waals surface area contributed by atoms with Gasteiger partial charge in [-0.25, -0.2) is 15.0 Å². The van der Waals surface area contributed by atoms with Gasteiger partial charge in [0.05, 0.1) is 12.9 Å². The van der Waals surface area contributed by atoms with Crippen molar-refractivity contribution in [1.82, 2.24) is 19.5 Å². The second kappa shape index (κ2) is 5.84. The van der Waals surface area contributed by atoms with Crippen LogP contribution >= 0.6 is 7.60 Å². The van der Waals surface area contributed by atoms with E-state index in [0.717, 1.165) is 0 Å². The standard InChI is InChI=1S/C10H16N5O4P/c1-7(3-19-6-20(16,17)18)2-15-5-14-8-9(11)12-4-13-10(8)15/h4-5,7H,2-3,6H2,1H3,(H2,11,12,13)(H2,16,17,18). The monoisotopic (exact) mass is 301 g/mol. The molecule has 110 valence electrons. The van der Waals surface area contributed by atoms with Crippen LogP contribution in [0.4, 0.5) is 5.82 Å². The van der Waals surface area contributed by atoms with E-state index in [2.05, 4.69) is 15.0 Å². The molecular weight excluding hydrogens is 285 g/mol. The van der Waals surface area contributed by atoms with E-state index in [1.165, 1.54) is 6.33 Å². The van der Waals surface area contributed by atoms with Crippen LogP contribution in [0.2, 0.25) is 0 Å². The maximum Gasteiger partial charge on any atom is 0.350 e. The van der Waals surface area contributed by atoms with Crippen LogP contribution in [0.15, 0.2) is 12.7 Å². The number of rotatable bonds is 6. The minimum atomic E-state index is -4.12. The van der Waals surface area contributed by atoms with Crippen LogP contribution < -0.4 is 5.73 Å². The topological polar surface area (TPSA) is 136 Å². The summed E-state index contributed by atoms with van der Waals surface area (Å²) in [6.45, 7) is 2.68. The third-order valence-corrected chi connectivity index (χ3v) is 3.12. The Morgan fingerprint density at radius 2 is 2.20 bits per heavy atom. The molecular formula is C10H16N5O4P. The molecule has 9 nitrogen and oxygen atoms in total. The molecule has 1 unspecified atom stereocenters. The van der Waals surface area contributed by atoms with Gasteiger partial charge in [0, 0.05) is 6.54 Å². The van der Waals surface area contributed by atoms with Crippen LogP contribution in [0, 0.1) is 5.92 Å². The Kier molecular flexibility index (Phi) is 4.34. The molecule has 20 heavy (non-hydrogen) atoms. The summed E-state index contributed by atoms with van der Waals surface area (Å²) in [7, 11) is -4.12. The molecule has 0 fully saturated rings. The average Bonchev–Trinajstić information content (AvgIpc) is 2.72. The number of fused-ring (bicyclic) bond motifs is 1. The largest absolute Gasteiger partial charge is 0.382 e. The van der Waals surface area contributed by atoms with Crippen molar-refractivity contribution in [2.45, 2.75) is 13.5 Å². The van der Waals surface area contributed by atoms with Crippen molar-refractivity contribution in [2.75, 3.05) is 18.7 Å². The van der Waals surface area contributed by atoms with Crippen molar-refractivity contribution < 1.29 is 19.1 Å². The number of nitrogen functional groups attached to an aromatic ring is 1. The molecule has 10 heteroatoms. The zero-order valence-corrected chi connectivity index (χ0v) is 11.8. The number of hydrogen-bond donors (Lipinski definition) is 3. The van der Waals surface area contributed by atoms with Crippen LogP contribution in [0.1, 0.15) is 6.92 Å². The first-order valence-corrected chi connectivity index (χ1v) is 7.70. The molecule has 2 aromatic heterocycles. The lowest BCUT2D eigenvalue weighted by Gasteiger charge is -2.13. The zero-order valence-electron chi connectivity index (χ0n) is 10.9. The highest BCUT2D eigenvalue weighted by Crippen LogP contribution is 2.34. The first kappa shape index (κ1) is 14.9. The van der Waals surface area contributed by atoms with Crippen molar-refractivity contribution in [2.24, 2.45) is 5.92 Å². The fourth-order valence-electron chi connectivity index (χ4n) is 1.79. The summed E-state index contributed by atoms with van der Waals surface area (Å²) in [5.41, 5.74) is 6.85. The molecule has 1 atom stereocenters. The molecule has 0 aromatic carbocycles. The molecule has 0 spiro atoms. The molecule has 0 aliphatic carbocycles. The second-order valence-electron chi connectivity index (χ2n) is 4.60. The molecule has 0 saturated heterocycles. The van der Waals surface area contributed by atoms with Gasteiger partial charge in [0.15, 0.2) is 11.5 Å². The number of aromatic nitrogens is 4. The number of anilines is 1. The molecule has 2 rings (SSSR count). The minimum Gasteiger partial charge on any atom is -0.382 e. The van der Waals surface area contributed by atoms with Crippen molar-refractivity contribution in [1.29, 1.82) is 0 Å². The van der Waals surface area contributed by atoms with Crippen molar-refractivity contribution in [3.63, 3.8) is 0 Å². The minimum absolute atomic E-state index is 0.0372. The lowest BCUT2D eigenvalue weighted by molar-refractivity contribution is 0.121. The van der Waals surface area contributed by atoms with Crippen molar-refractivity contribution in [3.05, 3.63) is 12.7 Å². The van der Waals surface area contributed by atoms with Crippen LogP contribution in [0.5, 0.6) is 0 Å². The van der Waals surface area contributed by atoms with Gasteiger partial charge in [-0.05, 0) is 5.92 Å². The Labute approximate surface area is 115 Å². The molecule has 2 aromatic rings. The Bertz CT molecular complexity index is 640. The third-order valence-electron chi connectivity index (χ3n) is 2.60. The molecule has 0 bridgehead atoms. The average molecular weight is 301 g/mol. The summed E-state index contributed by atoms with van der Waals surface area (Å²) < 4.78 is 17.5. The van der Waals surface area contributed by atoms with E-state index in [-0.39, 0.29) is 12.5 Å². The molecule has 0 radical (unpaired) electrons. The zero-order chi connectivity index (χ0) is 14.8. The van der Waals surface area contributed by atoms with E-state index in [1.807, 2.05) is 6.92 Å². The molecule has 0 aliphatic heterocycles. The number of hydrogen-bond acceptors (Lipinski definition) is 6. The summed E-state index contributed by atoms with van der Waals surface area (Å²) in [4.78, 5) is 29.5. The van der Waals surface area contributed by atoms with Gasteiger partial charge in [-0.15, -0.1) is 0 Å². The van der Waals surface area contributed by atoms with Gasteiger partial charge in [0.2, 0.25) is 0 Å². The van der Waals surface area contributed by atoms with Crippen LogP contribution in [0.25, 0.3) is 11.2 Å². The lowest BCUT2D eigenvalue weighted by atomic mass is 10.2. The predicted octanol–water partition coefficient (Wildman–Crippen LogP) is 0.196. The van der Waals surface area contributed by atoms with Crippen LogP contribution in [-0.2, 0) is 15.8 Å². The molecule has 0 saturated carbocycles. The smallest absolute Gasteiger partial charge is 0.350 e. The molecule has 2 heterocycles. The first-order chi connectivity index (χ1) is 9.37. The fourth-order valence-corrected chi connectivity index (χ4v) is 2.14. The number of nitrogens with two attached hydrogens (primary N) is 1. The van der Waals surface area contributed by atoms with E-state index in [0.29, 0.717) is 23.5 Å². The highest BCUT2D eigenvalue weighted by atomic mass is 31.2. The number of nitrogens with zero attached hydrogens (tertiary/aromatic N) is 4. The van der Waals surface area contributed by atoms with Gasteiger partial charge in [-0.1, -0.05) is 6.92 Å². The lowest BCUT2D eigenvalue weighted by Crippen LogP contribution is -2.14. The van der Waals surface area contributed by atoms with Gasteiger partial charge in [-0.2, -0.15) is 0 Å². The van der Waals surface area contributed by atoms with Gasteiger partial charge >= 0.3 is 7.60 Å². The van der Waals surface area contributed by atoms with Crippen LogP contribution in [-0.4, -0.2) is 42.3 Å². The Morgan fingerprint density at radius 1 is 1.45 bits per heavy atom. The third kappa shape index (κ3) is 3.73. The highest BCUT2D eigenvalue weighted by molar-refractivity contribution is 7.51. The van der Waals surface area contributed by atoms with Crippen LogP contribution in [0.3, 0.4) is 0 Å². The summed E-state index contributed by atoms with van der Waals surface area (Å²) in [5.74, 6) is 0.356. The predicted molar refractivity (Wildman–Crippen MR) is 71.8 cm³/mol. The van der Waals surface area contributed by atoms with Gasteiger partial charge < -0.3 is 24.8 Å². The number of imidazole rings is 1. The second-order valence-corrected chi connectivity index (χ2v) is 6.19. The van der Waals surface area contributed by atoms with Crippen molar-refractivity contribution >= 4 is 24.6 Å². The van der Waals surface area contributed by atoms with Gasteiger partial charge in [0.25, 0.3) is 0 Å². The first-order valence-electron chi connectivity index (χ1n) is 5.90. The Hall–Kier alpha value is -1.54. The van der Waals surface area contributed by atoms with E-state index >= 15 is 0 Å². The van der Waals surface area contributed by atoms with E-state index in [4.69, 9.17) is 20.3 Å². The Morgan fingerprint density at radius 3 is 2.90 bits per heavy atom. The highest BCUT2D eigenvalue weighted by Gasteiger charge is 2.15. The van der Waals surface area contributed by atoms with E-state index in [1.54, 1.807) is 10.9 Å². The molecule has 0 aliphatic rings. The van der Waals surface area contributed by atoms with Crippen molar-refractivity contribution in [3.8, 4) is 0 Å². The Balaban J connectivity index is 1.98. The molecule has 0 amide bonds. The number of ether oxygens (including phenoxy) is 1. The molecule has 4 N–H and O–H groups in total. The fraction of sp³-hybridized carbons (Fsp3) is 0.500. The summed E-state index contributed by atoms with van der Waals surface area (Å²) >= 11 is 0. The van der Waals surface area contributed by atoms with E-state index < -0.39 is 13.9 Å². The van der Waals surface area contributed by atoms with E-state index in [9.17, 15) is 4.57 Å². The SMILES string of the molecule is CC(COCP(=O)(O)O)Cn1cnc2c(N)ncnc21. The van der Waals surface area contributed by atoms with Gasteiger partial charge in [0.1, 0.15) is 18.2 Å². The summed E-state index contributed by atoms with van der Waals surface area (Å²) in [5, 5.41) is 0.